The largest absolute Gasteiger partial charge is 0.364 e. The molecule has 11 nitrogen and oxygen atoms in total. The smallest absolute Gasteiger partial charge is 0.292 e. The predicted octanol–water partition coefficient (Wildman–Crippen LogP) is 0.798. The number of thiazole rings is 1. The monoisotopic (exact) mass is 441 g/mol. The molecule has 2 N–H and O–H groups in total. The minimum absolute atomic E-state index is 0.0120. The third-order valence-corrected chi connectivity index (χ3v) is 6.38. The van der Waals surface area contributed by atoms with Crippen molar-refractivity contribution >= 4 is 38.5 Å². The van der Waals surface area contributed by atoms with Crippen molar-refractivity contribution in [2.24, 2.45) is 0 Å². The van der Waals surface area contributed by atoms with Gasteiger partial charge in [-0.15, -0.1) is 16.4 Å². The molecule has 5 rings (SSSR count). The second kappa shape index (κ2) is 8.04. The molecule has 0 aliphatic carbocycles. The number of piperidine rings is 1. The number of fused-ring (bicyclic) bond motifs is 2. The highest BCUT2D eigenvalue weighted by molar-refractivity contribution is 7.18. The number of likely N-dealkylation sites (tertiary alicyclic amines) is 1. The number of nitrogens with one attached hydrogen (secondary N) is 2. The summed E-state index contributed by atoms with van der Waals surface area (Å²) in [7, 11) is 0. The molecule has 1 aliphatic heterocycles. The molecule has 3 aromatic heterocycles. The zero-order valence-corrected chi connectivity index (χ0v) is 17.2. The molecule has 31 heavy (non-hydrogen) atoms. The van der Waals surface area contributed by atoms with Crippen molar-refractivity contribution in [2.75, 3.05) is 19.7 Å². The van der Waals surface area contributed by atoms with E-state index >= 15 is 0 Å². The molecule has 1 amide bonds. The lowest BCUT2D eigenvalue weighted by molar-refractivity contribution is -0.137. The summed E-state index contributed by atoms with van der Waals surface area (Å²) in [4.78, 5) is 42.7. The summed E-state index contributed by atoms with van der Waals surface area (Å²) in [5.74, 6) is -0.0858. The Hall–Kier alpha value is -3.38. The van der Waals surface area contributed by atoms with E-state index < -0.39 is 11.1 Å². The molecule has 1 aliphatic rings. The zero-order chi connectivity index (χ0) is 21.4. The number of H-pyrrole nitrogens is 2. The van der Waals surface area contributed by atoms with E-state index in [1.165, 1.54) is 4.68 Å². The zero-order valence-electron chi connectivity index (χ0n) is 16.4. The van der Waals surface area contributed by atoms with Gasteiger partial charge in [0.1, 0.15) is 11.6 Å². The lowest BCUT2D eigenvalue weighted by atomic mass is 10.1. The van der Waals surface area contributed by atoms with Crippen LogP contribution < -0.4 is 11.1 Å². The standard InChI is InChI=1S/C19H19N7O4S/c27-15(10-30-9-14-20-12-3-1-2-4-13(12)31-14)25-7-5-11(6-8-25)26-17-16(21-24-26)18(28)22-23-19(17)29/h1-4,11H,5-10H2,(H,22,28)(H,23,29). The van der Waals surface area contributed by atoms with E-state index in [9.17, 15) is 14.4 Å². The summed E-state index contributed by atoms with van der Waals surface area (Å²) in [5, 5.41) is 13.2. The molecule has 160 valence electrons. The highest BCUT2D eigenvalue weighted by Crippen LogP contribution is 2.24. The number of carbonyl (C=O) groups is 1. The second-order valence-electron chi connectivity index (χ2n) is 7.32. The molecule has 0 atom stereocenters. The third-order valence-electron chi connectivity index (χ3n) is 5.37. The SMILES string of the molecule is O=C(COCc1nc2ccccc2s1)N1CCC(n2nnc3c(=O)[nH][nH]c(=O)c32)CC1. The number of ether oxygens (including phenoxy) is 1. The van der Waals surface area contributed by atoms with Gasteiger partial charge in [0.15, 0.2) is 11.0 Å². The Morgan fingerprint density at radius 2 is 1.94 bits per heavy atom. The summed E-state index contributed by atoms with van der Waals surface area (Å²) in [5.41, 5.74) is 0.180. The maximum absolute atomic E-state index is 12.5. The van der Waals surface area contributed by atoms with Crippen LogP contribution in [0.1, 0.15) is 23.9 Å². The highest BCUT2D eigenvalue weighted by atomic mass is 32.1. The number of aromatic amines is 2. The molecule has 1 saturated heterocycles. The van der Waals surface area contributed by atoms with Crippen molar-refractivity contribution in [1.29, 1.82) is 0 Å². The van der Waals surface area contributed by atoms with Crippen molar-refractivity contribution in [3.05, 3.63) is 50.0 Å². The van der Waals surface area contributed by atoms with Gasteiger partial charge in [-0.1, -0.05) is 17.3 Å². The normalized spacial score (nSPS) is 15.2. The van der Waals surface area contributed by atoms with E-state index in [4.69, 9.17) is 4.74 Å². The number of amides is 1. The van der Waals surface area contributed by atoms with Crippen LogP contribution >= 0.6 is 11.3 Å². The first kappa shape index (κ1) is 19.6. The van der Waals surface area contributed by atoms with E-state index in [2.05, 4.69) is 25.5 Å². The molecule has 4 heterocycles. The molecule has 4 aromatic rings. The third kappa shape index (κ3) is 3.75. The van der Waals surface area contributed by atoms with Crippen LogP contribution in [-0.4, -0.2) is 60.7 Å². The van der Waals surface area contributed by atoms with E-state index in [1.54, 1.807) is 16.2 Å². The van der Waals surface area contributed by atoms with Gasteiger partial charge >= 0.3 is 0 Å². The van der Waals surface area contributed by atoms with Crippen LogP contribution in [0.2, 0.25) is 0 Å². The Morgan fingerprint density at radius 1 is 1.16 bits per heavy atom. The number of para-hydroxylation sites is 1. The van der Waals surface area contributed by atoms with Crippen LogP contribution in [0.15, 0.2) is 33.9 Å². The molecule has 1 aromatic carbocycles. The van der Waals surface area contributed by atoms with Crippen LogP contribution in [0.25, 0.3) is 21.3 Å². The first-order valence-electron chi connectivity index (χ1n) is 9.86. The molecule has 0 spiro atoms. The molecular weight excluding hydrogens is 422 g/mol. The van der Waals surface area contributed by atoms with Gasteiger partial charge in [-0.05, 0) is 25.0 Å². The van der Waals surface area contributed by atoms with Gasteiger partial charge < -0.3 is 9.64 Å². The van der Waals surface area contributed by atoms with E-state index in [0.29, 0.717) is 32.5 Å². The molecule has 1 fully saturated rings. The number of hydrogen-bond donors (Lipinski definition) is 2. The van der Waals surface area contributed by atoms with Crippen molar-refractivity contribution in [1.82, 2.24) is 35.1 Å². The van der Waals surface area contributed by atoms with Gasteiger partial charge in [-0.3, -0.25) is 24.6 Å². The minimum Gasteiger partial charge on any atom is -0.364 e. The van der Waals surface area contributed by atoms with Crippen LogP contribution in [0.5, 0.6) is 0 Å². The predicted molar refractivity (Wildman–Crippen MR) is 113 cm³/mol. The summed E-state index contributed by atoms with van der Waals surface area (Å²) in [6.45, 7) is 1.30. The molecule has 12 heteroatoms. The fourth-order valence-electron chi connectivity index (χ4n) is 3.80. The average Bonchev–Trinajstić information content (AvgIpc) is 3.41. The first-order chi connectivity index (χ1) is 15.1. The van der Waals surface area contributed by atoms with E-state index in [1.807, 2.05) is 24.3 Å². The lowest BCUT2D eigenvalue weighted by Crippen LogP contribution is -2.41. The topological polar surface area (TPSA) is 139 Å². The highest BCUT2D eigenvalue weighted by Gasteiger charge is 2.27. The molecule has 0 radical (unpaired) electrons. The summed E-state index contributed by atoms with van der Waals surface area (Å²) < 4.78 is 8.18. The molecule has 0 unspecified atom stereocenters. The Bertz CT molecular complexity index is 1330. The minimum atomic E-state index is -0.487. The Morgan fingerprint density at radius 3 is 2.74 bits per heavy atom. The first-order valence-corrected chi connectivity index (χ1v) is 10.7. The summed E-state index contributed by atoms with van der Waals surface area (Å²) in [6.07, 6.45) is 1.21. The maximum Gasteiger partial charge on any atom is 0.292 e. The van der Waals surface area contributed by atoms with Crippen molar-refractivity contribution in [2.45, 2.75) is 25.5 Å². The number of benzene rings is 1. The molecular formula is C19H19N7O4S. The van der Waals surface area contributed by atoms with Gasteiger partial charge in [-0.25, -0.2) is 9.67 Å². The number of aromatic nitrogens is 6. The number of carbonyl (C=O) groups excluding carboxylic acids is 1. The quantitative estimate of drug-likeness (QED) is 0.467. The summed E-state index contributed by atoms with van der Waals surface area (Å²) >= 11 is 1.56. The van der Waals surface area contributed by atoms with Crippen LogP contribution in [0, 0.1) is 0 Å². The molecule has 0 bridgehead atoms. The fourth-order valence-corrected chi connectivity index (χ4v) is 4.71. The average molecular weight is 441 g/mol. The number of rotatable bonds is 5. The van der Waals surface area contributed by atoms with E-state index in [0.717, 1.165) is 15.2 Å². The maximum atomic E-state index is 12.5. The van der Waals surface area contributed by atoms with Crippen molar-refractivity contribution in [3.63, 3.8) is 0 Å². The Balaban J connectivity index is 1.17. The van der Waals surface area contributed by atoms with Gasteiger partial charge in [-0.2, -0.15) is 0 Å². The lowest BCUT2D eigenvalue weighted by Gasteiger charge is -2.31. The Kier molecular flexibility index (Phi) is 5.08. The molecule has 0 saturated carbocycles. The van der Waals surface area contributed by atoms with E-state index in [-0.39, 0.29) is 29.6 Å². The fraction of sp³-hybridized carbons (Fsp3) is 0.368. The summed E-state index contributed by atoms with van der Waals surface area (Å²) in [6, 6.07) is 7.76. The van der Waals surface area contributed by atoms with Crippen LogP contribution in [0.4, 0.5) is 0 Å². The number of nitrogens with zero attached hydrogens (tertiary/aromatic N) is 5. The second-order valence-corrected chi connectivity index (χ2v) is 8.43. The van der Waals surface area contributed by atoms with Crippen LogP contribution in [0.3, 0.4) is 0 Å². The van der Waals surface area contributed by atoms with Gasteiger partial charge in [0.2, 0.25) is 5.91 Å². The van der Waals surface area contributed by atoms with Crippen molar-refractivity contribution < 1.29 is 9.53 Å². The van der Waals surface area contributed by atoms with Gasteiger partial charge in [0.05, 0.1) is 22.9 Å². The van der Waals surface area contributed by atoms with Crippen LogP contribution in [-0.2, 0) is 16.1 Å². The number of hydrogen-bond acceptors (Lipinski definition) is 8. The Labute approximate surface area is 178 Å². The van der Waals surface area contributed by atoms with Gasteiger partial charge in [0, 0.05) is 13.1 Å². The van der Waals surface area contributed by atoms with Gasteiger partial charge in [0.25, 0.3) is 11.1 Å². The van der Waals surface area contributed by atoms with Crippen molar-refractivity contribution in [3.8, 4) is 0 Å².